The maximum atomic E-state index is 12.0. The summed E-state index contributed by atoms with van der Waals surface area (Å²) in [6.07, 6.45) is 5.16. The second kappa shape index (κ2) is 16.6. The van der Waals surface area contributed by atoms with Crippen LogP contribution in [0.4, 0.5) is 0 Å². The van der Waals surface area contributed by atoms with E-state index in [1.807, 2.05) is 35.0 Å². The Morgan fingerprint density at radius 3 is 2.00 bits per heavy atom. The number of rotatable bonds is 19. The normalized spacial score (nSPS) is 14.6. The van der Waals surface area contributed by atoms with Gasteiger partial charge in [-0.2, -0.15) is 0 Å². The number of esters is 2. The zero-order valence-electron chi connectivity index (χ0n) is 19.9. The van der Waals surface area contributed by atoms with Gasteiger partial charge >= 0.3 is 11.9 Å². The Labute approximate surface area is 187 Å². The lowest BCUT2D eigenvalue weighted by molar-refractivity contribution is -0.870. The molecule has 31 heavy (non-hydrogen) atoms. The highest BCUT2D eigenvalue weighted by Crippen LogP contribution is 2.38. The van der Waals surface area contributed by atoms with Gasteiger partial charge in [0.25, 0.3) is 7.82 Å². The molecule has 0 saturated carbocycles. The molecule has 9 nitrogen and oxygen atoms in total. The highest BCUT2D eigenvalue weighted by molar-refractivity contribution is 7.45. The summed E-state index contributed by atoms with van der Waals surface area (Å²) >= 11 is 0. The second-order valence-corrected chi connectivity index (χ2v) is 10.0. The Morgan fingerprint density at radius 2 is 1.45 bits per heavy atom. The molecule has 0 aliphatic heterocycles. The molecule has 0 fully saturated rings. The van der Waals surface area contributed by atoms with Crippen LogP contribution in [-0.4, -0.2) is 70.0 Å². The van der Waals surface area contributed by atoms with Crippen molar-refractivity contribution in [2.24, 2.45) is 0 Å². The Hall–Kier alpha value is -0.990. The predicted octanol–water partition coefficient (Wildman–Crippen LogP) is 3.20. The van der Waals surface area contributed by atoms with Crippen LogP contribution >= 0.6 is 7.82 Å². The van der Waals surface area contributed by atoms with Gasteiger partial charge in [-0.3, -0.25) is 14.2 Å². The Kier molecular flexibility index (Phi) is 16.1. The minimum Gasteiger partial charge on any atom is -0.756 e. The molecule has 184 valence electrons. The molecule has 2 atom stereocenters. The summed E-state index contributed by atoms with van der Waals surface area (Å²) in [6, 6.07) is 0. The van der Waals surface area contributed by atoms with Gasteiger partial charge in [0.2, 0.25) is 0 Å². The first-order valence-corrected chi connectivity index (χ1v) is 12.7. The van der Waals surface area contributed by atoms with Crippen LogP contribution in [0.3, 0.4) is 0 Å². The molecule has 0 aromatic heterocycles. The van der Waals surface area contributed by atoms with Gasteiger partial charge in [0.1, 0.15) is 25.9 Å². The van der Waals surface area contributed by atoms with Gasteiger partial charge in [0.15, 0.2) is 0 Å². The quantitative estimate of drug-likeness (QED) is 0.123. The van der Waals surface area contributed by atoms with Crippen LogP contribution in [-0.2, 0) is 32.7 Å². The molecule has 0 saturated heterocycles. The van der Waals surface area contributed by atoms with E-state index in [0.717, 1.165) is 32.1 Å². The van der Waals surface area contributed by atoms with Crippen molar-refractivity contribution >= 4 is 19.8 Å². The molecule has 0 bridgehead atoms. The maximum Gasteiger partial charge on any atom is 0.306 e. The fourth-order valence-electron chi connectivity index (χ4n) is 2.48. The fourth-order valence-corrected chi connectivity index (χ4v) is 3.19. The number of phosphoric ester groups is 1. The van der Waals surface area contributed by atoms with Crippen molar-refractivity contribution in [2.75, 3.05) is 47.5 Å². The predicted molar refractivity (Wildman–Crippen MR) is 116 cm³/mol. The van der Waals surface area contributed by atoms with Gasteiger partial charge in [0.05, 0.1) is 27.7 Å². The molecule has 0 amide bonds. The minimum atomic E-state index is -4.46. The van der Waals surface area contributed by atoms with Crippen molar-refractivity contribution in [3.63, 3.8) is 0 Å². The zero-order valence-corrected chi connectivity index (χ0v) is 20.8. The zero-order chi connectivity index (χ0) is 23.8. The number of quaternary nitrogens is 1. The number of ether oxygens (including phenoxy) is 2. The molecule has 0 N–H and O–H groups in total. The molecule has 10 heteroatoms. The van der Waals surface area contributed by atoms with Gasteiger partial charge in [-0.05, 0) is 12.8 Å². The standard InChI is InChI=1S/C21H42NO8P/c1-6-8-10-12-20(23)27-18-19(30-21(24)13-11-9-7-2)14-16-28-31(25,26)29-17-15-22(3,4)5/h19H,6-18H2,1-5H3. The Morgan fingerprint density at radius 1 is 0.903 bits per heavy atom. The van der Waals surface area contributed by atoms with E-state index in [9.17, 15) is 19.0 Å². The highest BCUT2D eigenvalue weighted by atomic mass is 31.2. The number of carbonyl (C=O) groups is 2. The summed E-state index contributed by atoms with van der Waals surface area (Å²) in [5.41, 5.74) is 0. The average molecular weight is 468 g/mol. The van der Waals surface area contributed by atoms with E-state index in [2.05, 4.69) is 0 Å². The topological polar surface area (TPSA) is 111 Å². The van der Waals surface area contributed by atoms with E-state index in [1.165, 1.54) is 0 Å². The van der Waals surface area contributed by atoms with Crippen molar-refractivity contribution in [2.45, 2.75) is 77.7 Å². The molecule has 0 spiro atoms. The molecular weight excluding hydrogens is 425 g/mol. The second-order valence-electron chi connectivity index (χ2n) is 8.63. The van der Waals surface area contributed by atoms with Crippen LogP contribution in [0.5, 0.6) is 0 Å². The van der Waals surface area contributed by atoms with Crippen LogP contribution in [0.15, 0.2) is 0 Å². The van der Waals surface area contributed by atoms with Crippen LogP contribution in [0.25, 0.3) is 0 Å². The van der Waals surface area contributed by atoms with E-state index in [-0.39, 0.29) is 38.6 Å². The largest absolute Gasteiger partial charge is 0.756 e. The first-order valence-electron chi connectivity index (χ1n) is 11.2. The first-order chi connectivity index (χ1) is 14.5. The van der Waals surface area contributed by atoms with Crippen molar-refractivity contribution < 1.29 is 42.1 Å². The number of likely N-dealkylation sites (N-methyl/N-ethyl adjacent to an activating group) is 1. The minimum absolute atomic E-state index is 0.00942. The molecule has 0 aliphatic carbocycles. The molecule has 0 aliphatic rings. The third-order valence-electron chi connectivity index (χ3n) is 4.40. The van der Waals surface area contributed by atoms with Crippen LogP contribution in [0, 0.1) is 0 Å². The average Bonchev–Trinajstić information content (AvgIpc) is 2.65. The Bertz CT molecular complexity index is 550. The van der Waals surface area contributed by atoms with Crippen molar-refractivity contribution in [1.82, 2.24) is 0 Å². The molecule has 2 unspecified atom stereocenters. The smallest absolute Gasteiger partial charge is 0.306 e. The van der Waals surface area contributed by atoms with E-state index in [0.29, 0.717) is 23.9 Å². The molecule has 0 radical (unpaired) electrons. The number of carbonyl (C=O) groups excluding carboxylic acids is 2. The molecular formula is C21H42NO8P. The summed E-state index contributed by atoms with van der Waals surface area (Å²) < 4.78 is 32.8. The molecule has 0 aromatic rings. The summed E-state index contributed by atoms with van der Waals surface area (Å²) in [4.78, 5) is 35.8. The first kappa shape index (κ1) is 30.0. The monoisotopic (exact) mass is 467 g/mol. The van der Waals surface area contributed by atoms with Crippen LogP contribution in [0.1, 0.15) is 71.6 Å². The summed E-state index contributed by atoms with van der Waals surface area (Å²) in [7, 11) is 1.30. The van der Waals surface area contributed by atoms with E-state index in [1.54, 1.807) is 0 Å². The molecule has 0 aromatic carbocycles. The van der Waals surface area contributed by atoms with Crippen LogP contribution in [0.2, 0.25) is 0 Å². The fraction of sp³-hybridized carbons (Fsp3) is 0.905. The van der Waals surface area contributed by atoms with Gasteiger partial charge < -0.3 is 27.9 Å². The van der Waals surface area contributed by atoms with Crippen molar-refractivity contribution in [1.29, 1.82) is 0 Å². The highest BCUT2D eigenvalue weighted by Gasteiger charge is 2.19. The number of nitrogens with zero attached hydrogens (tertiary/aromatic N) is 1. The number of hydrogen-bond donors (Lipinski definition) is 0. The van der Waals surface area contributed by atoms with Crippen molar-refractivity contribution in [3.8, 4) is 0 Å². The lowest BCUT2D eigenvalue weighted by Crippen LogP contribution is -2.37. The van der Waals surface area contributed by atoms with E-state index < -0.39 is 19.9 Å². The SMILES string of the molecule is CCCCCC(=O)OCC(CCOP(=O)([O-])OCC[N+](C)(C)C)OC(=O)CCCCC. The van der Waals surface area contributed by atoms with Gasteiger partial charge in [0, 0.05) is 19.3 Å². The van der Waals surface area contributed by atoms with Crippen molar-refractivity contribution in [3.05, 3.63) is 0 Å². The van der Waals surface area contributed by atoms with E-state index >= 15 is 0 Å². The number of hydrogen-bond acceptors (Lipinski definition) is 8. The summed E-state index contributed by atoms with van der Waals surface area (Å²) in [5.74, 6) is -0.760. The molecule has 0 heterocycles. The lowest BCUT2D eigenvalue weighted by atomic mass is 10.2. The third kappa shape index (κ3) is 19.4. The number of unbranched alkanes of at least 4 members (excludes halogenated alkanes) is 4. The summed E-state index contributed by atoms with van der Waals surface area (Å²) in [5, 5.41) is 0. The lowest BCUT2D eigenvalue weighted by Gasteiger charge is -2.27. The Balaban J connectivity index is 4.54. The summed E-state index contributed by atoms with van der Waals surface area (Å²) in [6.45, 7) is 4.23. The molecule has 0 rings (SSSR count). The van der Waals surface area contributed by atoms with Crippen LogP contribution < -0.4 is 4.89 Å². The third-order valence-corrected chi connectivity index (χ3v) is 5.40. The maximum absolute atomic E-state index is 12.0. The number of phosphoric acid groups is 1. The van der Waals surface area contributed by atoms with Gasteiger partial charge in [-0.1, -0.05) is 39.5 Å². The van der Waals surface area contributed by atoms with Gasteiger partial charge in [-0.15, -0.1) is 0 Å². The van der Waals surface area contributed by atoms with E-state index in [4.69, 9.17) is 18.5 Å². The van der Waals surface area contributed by atoms with Gasteiger partial charge in [-0.25, -0.2) is 0 Å².